The average molecular weight is 460 g/mol. The Morgan fingerprint density at radius 2 is 2.18 bits per heavy atom. The van der Waals surface area contributed by atoms with Crippen LogP contribution in [0.4, 0.5) is 0 Å². The van der Waals surface area contributed by atoms with Gasteiger partial charge in [-0.1, -0.05) is 13.0 Å². The fraction of sp³-hybridized carbons (Fsp3) is 0.360. The standard InChI is InChI=1S/C25H29N7O2/c1-3-26-10-17-11-27-13-20(15(17)2)16-6-7-21-19(9-16)23(32-31-21)24-28-14-22(30-24)25(33)29-12-18-5-4-8-34-18/h6-7,9,11,13-14,18,26H,3-5,8,10,12H2,1-2H3,(H,28,30)(H,29,33)(H,31,32). The molecule has 4 heterocycles. The highest BCUT2D eigenvalue weighted by Crippen LogP contribution is 2.31. The Morgan fingerprint density at radius 3 is 3.00 bits per heavy atom. The molecule has 4 aromatic rings. The van der Waals surface area contributed by atoms with E-state index in [0.29, 0.717) is 23.8 Å². The molecule has 3 aromatic heterocycles. The smallest absolute Gasteiger partial charge is 0.269 e. The van der Waals surface area contributed by atoms with Gasteiger partial charge in [0.2, 0.25) is 0 Å². The van der Waals surface area contributed by atoms with Crippen molar-refractivity contribution in [1.82, 2.24) is 35.8 Å². The molecule has 0 bridgehead atoms. The van der Waals surface area contributed by atoms with Crippen LogP contribution < -0.4 is 10.6 Å². The number of rotatable bonds is 8. The molecule has 5 rings (SSSR count). The normalized spacial score (nSPS) is 15.8. The van der Waals surface area contributed by atoms with Crippen LogP contribution in [-0.4, -0.2) is 56.9 Å². The Kier molecular flexibility index (Phi) is 6.37. The highest BCUT2D eigenvalue weighted by atomic mass is 16.5. The molecule has 0 saturated carbocycles. The number of nitrogens with zero attached hydrogens (tertiary/aromatic N) is 3. The zero-order valence-electron chi connectivity index (χ0n) is 19.4. The van der Waals surface area contributed by atoms with Crippen molar-refractivity contribution in [3.63, 3.8) is 0 Å². The lowest BCUT2D eigenvalue weighted by atomic mass is 9.98. The summed E-state index contributed by atoms with van der Waals surface area (Å²) in [6, 6.07) is 6.17. The first-order valence-corrected chi connectivity index (χ1v) is 11.7. The summed E-state index contributed by atoms with van der Waals surface area (Å²) in [5.41, 5.74) is 6.48. The number of hydrogen-bond donors (Lipinski definition) is 4. The summed E-state index contributed by atoms with van der Waals surface area (Å²) in [7, 11) is 0. The minimum atomic E-state index is -0.200. The van der Waals surface area contributed by atoms with Gasteiger partial charge in [0.15, 0.2) is 5.82 Å². The SMILES string of the molecule is CCNCc1cncc(-c2ccc3[nH]nc(-c4ncc(C(=O)NCC5CCCO5)[nH]4)c3c2)c1C. The number of carbonyl (C=O) groups is 1. The fourth-order valence-electron chi connectivity index (χ4n) is 4.32. The summed E-state index contributed by atoms with van der Waals surface area (Å²) < 4.78 is 5.57. The van der Waals surface area contributed by atoms with Gasteiger partial charge in [-0.25, -0.2) is 4.98 Å². The van der Waals surface area contributed by atoms with Crippen LogP contribution in [0.2, 0.25) is 0 Å². The second-order valence-corrected chi connectivity index (χ2v) is 8.57. The molecule has 1 aromatic carbocycles. The first-order chi connectivity index (χ1) is 16.6. The summed E-state index contributed by atoms with van der Waals surface area (Å²) in [6.07, 6.45) is 7.46. The number of fused-ring (bicyclic) bond motifs is 1. The maximum atomic E-state index is 12.6. The molecule has 1 amide bonds. The van der Waals surface area contributed by atoms with Crippen LogP contribution in [0, 0.1) is 6.92 Å². The lowest BCUT2D eigenvalue weighted by Crippen LogP contribution is -2.31. The van der Waals surface area contributed by atoms with Crippen LogP contribution in [0.15, 0.2) is 36.8 Å². The van der Waals surface area contributed by atoms with Crippen LogP contribution in [0.1, 0.15) is 41.4 Å². The summed E-state index contributed by atoms with van der Waals surface area (Å²) in [5, 5.41) is 14.7. The lowest BCUT2D eigenvalue weighted by Gasteiger charge is -2.11. The number of nitrogens with one attached hydrogen (secondary N) is 4. The van der Waals surface area contributed by atoms with E-state index in [4.69, 9.17) is 4.74 Å². The van der Waals surface area contributed by atoms with Gasteiger partial charge in [-0.3, -0.25) is 14.9 Å². The van der Waals surface area contributed by atoms with Gasteiger partial charge >= 0.3 is 0 Å². The first kappa shape index (κ1) is 22.2. The number of carbonyl (C=O) groups excluding carboxylic acids is 1. The predicted molar refractivity (Wildman–Crippen MR) is 130 cm³/mol. The van der Waals surface area contributed by atoms with Crippen LogP contribution in [-0.2, 0) is 11.3 Å². The van der Waals surface area contributed by atoms with E-state index in [1.165, 1.54) is 11.1 Å². The number of H-pyrrole nitrogens is 2. The number of amides is 1. The monoisotopic (exact) mass is 459 g/mol. The molecule has 1 atom stereocenters. The van der Waals surface area contributed by atoms with Gasteiger partial charge in [0.05, 0.1) is 17.8 Å². The Labute approximate surface area is 197 Å². The van der Waals surface area contributed by atoms with Gasteiger partial charge in [-0.05, 0) is 55.1 Å². The van der Waals surface area contributed by atoms with Crippen LogP contribution >= 0.6 is 0 Å². The zero-order valence-corrected chi connectivity index (χ0v) is 19.4. The third-order valence-electron chi connectivity index (χ3n) is 6.32. The lowest BCUT2D eigenvalue weighted by molar-refractivity contribution is 0.0854. The van der Waals surface area contributed by atoms with E-state index in [1.807, 2.05) is 18.5 Å². The number of pyridine rings is 1. The molecule has 176 valence electrons. The molecule has 1 aliphatic heterocycles. The number of aromatic amines is 2. The molecule has 9 nitrogen and oxygen atoms in total. The molecule has 1 aliphatic rings. The second-order valence-electron chi connectivity index (χ2n) is 8.57. The molecular formula is C25H29N7O2. The van der Waals surface area contributed by atoms with Crippen molar-refractivity contribution < 1.29 is 9.53 Å². The van der Waals surface area contributed by atoms with Crippen molar-refractivity contribution in [1.29, 1.82) is 0 Å². The molecule has 0 radical (unpaired) electrons. The minimum absolute atomic E-state index is 0.0919. The summed E-state index contributed by atoms with van der Waals surface area (Å²) in [6.45, 7) is 7.17. The maximum Gasteiger partial charge on any atom is 0.269 e. The van der Waals surface area contributed by atoms with E-state index in [-0.39, 0.29) is 12.0 Å². The highest BCUT2D eigenvalue weighted by Gasteiger charge is 2.19. The van der Waals surface area contributed by atoms with E-state index >= 15 is 0 Å². The van der Waals surface area contributed by atoms with Crippen molar-refractivity contribution in [3.8, 4) is 22.6 Å². The summed E-state index contributed by atoms with van der Waals surface area (Å²) >= 11 is 0. The maximum absolute atomic E-state index is 12.6. The Morgan fingerprint density at radius 1 is 1.26 bits per heavy atom. The molecule has 34 heavy (non-hydrogen) atoms. The first-order valence-electron chi connectivity index (χ1n) is 11.7. The molecule has 1 unspecified atom stereocenters. The molecule has 0 aliphatic carbocycles. The second kappa shape index (κ2) is 9.74. The predicted octanol–water partition coefficient (Wildman–Crippen LogP) is 3.34. The van der Waals surface area contributed by atoms with Crippen molar-refractivity contribution in [2.45, 2.75) is 39.3 Å². The number of hydrogen-bond acceptors (Lipinski definition) is 6. The number of imidazole rings is 1. The van der Waals surface area contributed by atoms with E-state index < -0.39 is 0 Å². The molecule has 1 fully saturated rings. The average Bonchev–Trinajstić information content (AvgIpc) is 3.62. The van der Waals surface area contributed by atoms with E-state index in [2.05, 4.69) is 61.8 Å². The minimum Gasteiger partial charge on any atom is -0.376 e. The number of aromatic nitrogens is 5. The van der Waals surface area contributed by atoms with Gasteiger partial charge in [0.25, 0.3) is 5.91 Å². The van der Waals surface area contributed by atoms with Gasteiger partial charge in [0, 0.05) is 43.0 Å². The Bertz CT molecular complexity index is 1300. The Hall–Kier alpha value is -3.56. The fourth-order valence-corrected chi connectivity index (χ4v) is 4.32. The van der Waals surface area contributed by atoms with E-state index in [0.717, 1.165) is 54.6 Å². The van der Waals surface area contributed by atoms with Crippen molar-refractivity contribution in [3.05, 3.63) is 53.6 Å². The quantitative estimate of drug-likeness (QED) is 0.321. The van der Waals surface area contributed by atoms with Crippen molar-refractivity contribution >= 4 is 16.8 Å². The summed E-state index contributed by atoms with van der Waals surface area (Å²) in [5.74, 6) is 0.343. The van der Waals surface area contributed by atoms with Crippen molar-refractivity contribution in [2.24, 2.45) is 0 Å². The summed E-state index contributed by atoms with van der Waals surface area (Å²) in [4.78, 5) is 24.6. The largest absolute Gasteiger partial charge is 0.376 e. The Balaban J connectivity index is 1.41. The van der Waals surface area contributed by atoms with Gasteiger partial charge in [0.1, 0.15) is 11.4 Å². The van der Waals surface area contributed by atoms with Crippen LogP contribution in [0.5, 0.6) is 0 Å². The zero-order chi connectivity index (χ0) is 23.5. The molecule has 0 spiro atoms. The van der Waals surface area contributed by atoms with Crippen LogP contribution in [0.3, 0.4) is 0 Å². The van der Waals surface area contributed by atoms with Crippen LogP contribution in [0.25, 0.3) is 33.5 Å². The molecule has 1 saturated heterocycles. The number of ether oxygens (including phenoxy) is 1. The molecule has 9 heteroatoms. The topological polar surface area (TPSA) is 121 Å². The van der Waals surface area contributed by atoms with Crippen molar-refractivity contribution in [2.75, 3.05) is 19.7 Å². The highest BCUT2D eigenvalue weighted by molar-refractivity contribution is 5.96. The van der Waals surface area contributed by atoms with Gasteiger partial charge in [-0.2, -0.15) is 5.10 Å². The van der Waals surface area contributed by atoms with Gasteiger partial charge in [-0.15, -0.1) is 0 Å². The molecule has 4 N–H and O–H groups in total. The number of benzene rings is 1. The third kappa shape index (κ3) is 4.44. The van der Waals surface area contributed by atoms with E-state index in [9.17, 15) is 4.79 Å². The van der Waals surface area contributed by atoms with E-state index in [1.54, 1.807) is 6.20 Å². The molecular weight excluding hydrogens is 430 g/mol. The third-order valence-corrected chi connectivity index (χ3v) is 6.32. The van der Waals surface area contributed by atoms with Gasteiger partial charge < -0.3 is 20.4 Å².